The van der Waals surface area contributed by atoms with Gasteiger partial charge in [0.25, 0.3) is 5.91 Å². The van der Waals surface area contributed by atoms with Gasteiger partial charge in [-0.05, 0) is 18.8 Å². The fourth-order valence-corrected chi connectivity index (χ4v) is 2.25. The molecule has 4 nitrogen and oxygen atoms in total. The Morgan fingerprint density at radius 1 is 1.44 bits per heavy atom. The van der Waals surface area contributed by atoms with E-state index in [1.54, 1.807) is 13.8 Å². The maximum absolute atomic E-state index is 12.2. The Bertz CT molecular complexity index is 421. The number of hydrogen-bond donors (Lipinski definition) is 1. The number of halogens is 1. The van der Waals surface area contributed by atoms with E-state index in [-0.39, 0.29) is 17.4 Å². The first-order chi connectivity index (χ1) is 8.25. The van der Waals surface area contributed by atoms with E-state index in [0.717, 1.165) is 11.8 Å². The Kier molecular flexibility index (Phi) is 4.96. The third kappa shape index (κ3) is 3.83. The molecule has 1 heterocycles. The Balaban J connectivity index is 2.82. The summed E-state index contributed by atoms with van der Waals surface area (Å²) in [5, 5.41) is 3.88. The van der Waals surface area contributed by atoms with Crippen LogP contribution in [0.15, 0.2) is 4.42 Å². The van der Waals surface area contributed by atoms with E-state index in [4.69, 9.17) is 4.42 Å². The highest BCUT2D eigenvalue weighted by atomic mass is 79.9. The Labute approximate surface area is 117 Å². The molecule has 1 amide bonds. The molecule has 18 heavy (non-hydrogen) atoms. The van der Waals surface area contributed by atoms with Crippen molar-refractivity contribution < 1.29 is 9.21 Å². The summed E-state index contributed by atoms with van der Waals surface area (Å²) < 4.78 is 5.33. The normalized spacial score (nSPS) is 13.4. The molecule has 0 fully saturated rings. The Hall–Kier alpha value is -0.840. The van der Waals surface area contributed by atoms with Gasteiger partial charge in [-0.3, -0.25) is 4.79 Å². The number of hydrogen-bond acceptors (Lipinski definition) is 3. The second-order valence-corrected chi connectivity index (χ2v) is 6.31. The van der Waals surface area contributed by atoms with Crippen LogP contribution in [0.4, 0.5) is 0 Å². The van der Waals surface area contributed by atoms with Crippen LogP contribution in [-0.4, -0.2) is 22.3 Å². The van der Waals surface area contributed by atoms with Crippen molar-refractivity contribution in [1.29, 1.82) is 0 Å². The van der Waals surface area contributed by atoms with Crippen LogP contribution in [0.2, 0.25) is 0 Å². The van der Waals surface area contributed by atoms with E-state index in [0.29, 0.717) is 17.3 Å². The predicted octanol–water partition coefficient (Wildman–Crippen LogP) is 3.22. The summed E-state index contributed by atoms with van der Waals surface area (Å²) in [4.78, 5) is 16.3. The highest BCUT2D eigenvalue weighted by Gasteiger charge is 2.27. The maximum Gasteiger partial charge on any atom is 0.289 e. The summed E-state index contributed by atoms with van der Waals surface area (Å²) >= 11 is 3.42. The van der Waals surface area contributed by atoms with E-state index in [2.05, 4.69) is 47.0 Å². The number of carbonyl (C=O) groups excluding carboxylic acids is 1. The van der Waals surface area contributed by atoms with Gasteiger partial charge in [0.1, 0.15) is 0 Å². The lowest BCUT2D eigenvalue weighted by molar-refractivity contribution is 0.0870. The lowest BCUT2D eigenvalue weighted by atomic mass is 9.85. The van der Waals surface area contributed by atoms with E-state index >= 15 is 0 Å². The predicted molar refractivity (Wildman–Crippen MR) is 75.1 cm³/mol. The molecule has 0 bridgehead atoms. The molecule has 1 aromatic heterocycles. The first kappa shape index (κ1) is 15.2. The third-order valence-corrected chi connectivity index (χ3v) is 3.32. The average Bonchev–Trinajstić information content (AvgIpc) is 2.55. The molecule has 1 rings (SSSR count). The molecular weight excluding hydrogens is 296 g/mol. The van der Waals surface area contributed by atoms with Gasteiger partial charge in [-0.15, -0.1) is 0 Å². The van der Waals surface area contributed by atoms with E-state index in [9.17, 15) is 4.79 Å². The minimum Gasteiger partial charge on any atom is -0.436 e. The number of alkyl halides is 1. The number of aromatic nitrogens is 1. The summed E-state index contributed by atoms with van der Waals surface area (Å²) in [6, 6.07) is 0.0918. The van der Waals surface area contributed by atoms with Gasteiger partial charge in [-0.1, -0.05) is 36.7 Å². The topological polar surface area (TPSA) is 55.1 Å². The van der Waals surface area contributed by atoms with Crippen LogP contribution in [0, 0.1) is 19.3 Å². The number of nitrogens with one attached hydrogen (secondary N) is 1. The monoisotopic (exact) mass is 316 g/mol. The van der Waals surface area contributed by atoms with E-state index in [1.807, 2.05) is 0 Å². The van der Waals surface area contributed by atoms with Crippen molar-refractivity contribution in [3.63, 3.8) is 0 Å². The smallest absolute Gasteiger partial charge is 0.289 e. The van der Waals surface area contributed by atoms with Gasteiger partial charge < -0.3 is 9.73 Å². The van der Waals surface area contributed by atoms with Crippen LogP contribution >= 0.6 is 15.9 Å². The molecule has 0 aliphatic heterocycles. The largest absolute Gasteiger partial charge is 0.436 e. The van der Waals surface area contributed by atoms with Gasteiger partial charge in [-0.25, -0.2) is 4.98 Å². The van der Waals surface area contributed by atoms with Crippen LogP contribution in [0.5, 0.6) is 0 Å². The number of carbonyl (C=O) groups is 1. The molecule has 0 saturated heterocycles. The summed E-state index contributed by atoms with van der Waals surface area (Å²) in [6.45, 7) is 9.85. The molecule has 1 aromatic rings. The van der Waals surface area contributed by atoms with Crippen molar-refractivity contribution in [2.24, 2.45) is 5.41 Å². The first-order valence-electron chi connectivity index (χ1n) is 6.06. The molecule has 0 aromatic carbocycles. The Morgan fingerprint density at radius 2 is 2.06 bits per heavy atom. The number of amides is 1. The molecule has 0 aliphatic rings. The van der Waals surface area contributed by atoms with Crippen LogP contribution < -0.4 is 5.32 Å². The van der Waals surface area contributed by atoms with Crippen molar-refractivity contribution in [1.82, 2.24) is 10.3 Å². The zero-order valence-corrected chi connectivity index (χ0v) is 13.2. The average molecular weight is 317 g/mol. The second-order valence-electron chi connectivity index (χ2n) is 5.52. The van der Waals surface area contributed by atoms with Crippen molar-refractivity contribution in [2.45, 2.75) is 47.1 Å². The van der Waals surface area contributed by atoms with Gasteiger partial charge in [0.05, 0.1) is 5.69 Å². The van der Waals surface area contributed by atoms with Crippen LogP contribution in [0.3, 0.4) is 0 Å². The zero-order valence-electron chi connectivity index (χ0n) is 11.6. The maximum atomic E-state index is 12.2. The molecule has 1 unspecified atom stereocenters. The number of oxazole rings is 1. The lowest BCUT2D eigenvalue weighted by Crippen LogP contribution is -2.44. The van der Waals surface area contributed by atoms with Gasteiger partial charge in [0, 0.05) is 18.3 Å². The summed E-state index contributed by atoms with van der Waals surface area (Å²) in [7, 11) is 0. The number of aryl methyl sites for hydroxylation is 2. The fourth-order valence-electron chi connectivity index (χ4n) is 1.80. The standard InChI is InChI=1S/C13H21BrN2O2/c1-8-11(18-9(2)15-8)12(17)16-10(6-7-14)13(3,4)5/h10H,6-7H2,1-5H3,(H,16,17). The minimum absolute atomic E-state index is 0.00635. The van der Waals surface area contributed by atoms with Crippen molar-refractivity contribution in [3.05, 3.63) is 17.3 Å². The first-order valence-corrected chi connectivity index (χ1v) is 7.18. The fraction of sp³-hybridized carbons (Fsp3) is 0.692. The van der Waals surface area contributed by atoms with Crippen LogP contribution in [0.1, 0.15) is 49.3 Å². The quantitative estimate of drug-likeness (QED) is 0.868. The molecule has 1 atom stereocenters. The molecule has 0 radical (unpaired) electrons. The van der Waals surface area contributed by atoms with Gasteiger partial charge in [0.15, 0.2) is 5.89 Å². The Morgan fingerprint density at radius 3 is 2.44 bits per heavy atom. The SMILES string of the molecule is Cc1nc(C)c(C(=O)NC(CCBr)C(C)(C)C)o1. The molecule has 0 spiro atoms. The molecular formula is C13H21BrN2O2. The molecule has 0 saturated carbocycles. The summed E-state index contributed by atoms with van der Waals surface area (Å²) in [5.41, 5.74) is 0.642. The van der Waals surface area contributed by atoms with Crippen LogP contribution in [-0.2, 0) is 0 Å². The van der Waals surface area contributed by atoms with Gasteiger partial charge in [-0.2, -0.15) is 0 Å². The van der Waals surface area contributed by atoms with Gasteiger partial charge >= 0.3 is 0 Å². The van der Waals surface area contributed by atoms with Crippen molar-refractivity contribution >= 4 is 21.8 Å². The van der Waals surface area contributed by atoms with E-state index < -0.39 is 0 Å². The van der Waals surface area contributed by atoms with Crippen molar-refractivity contribution in [3.8, 4) is 0 Å². The zero-order chi connectivity index (χ0) is 13.9. The minimum atomic E-state index is -0.186. The summed E-state index contributed by atoms with van der Waals surface area (Å²) in [6.07, 6.45) is 0.876. The molecule has 102 valence electrons. The third-order valence-electron chi connectivity index (χ3n) is 2.86. The lowest BCUT2D eigenvalue weighted by Gasteiger charge is -2.30. The van der Waals surface area contributed by atoms with E-state index in [1.165, 1.54) is 0 Å². The molecule has 5 heteroatoms. The second kappa shape index (κ2) is 5.87. The number of rotatable bonds is 4. The van der Waals surface area contributed by atoms with Gasteiger partial charge in [0.2, 0.25) is 5.76 Å². The van der Waals surface area contributed by atoms with Crippen LogP contribution in [0.25, 0.3) is 0 Å². The highest BCUT2D eigenvalue weighted by molar-refractivity contribution is 9.09. The highest BCUT2D eigenvalue weighted by Crippen LogP contribution is 2.23. The molecule has 0 aliphatic carbocycles. The molecule has 1 N–H and O–H groups in total. The van der Waals surface area contributed by atoms with Crippen molar-refractivity contribution in [2.75, 3.05) is 5.33 Å². The number of nitrogens with zero attached hydrogens (tertiary/aromatic N) is 1. The summed E-state index contributed by atoms with van der Waals surface area (Å²) in [5.74, 6) is 0.649.